The van der Waals surface area contributed by atoms with Crippen LogP contribution in [-0.4, -0.2) is 17.0 Å². The van der Waals surface area contributed by atoms with Crippen LogP contribution in [0.15, 0.2) is 0 Å². The van der Waals surface area contributed by atoms with Crippen LogP contribution in [0.3, 0.4) is 0 Å². The maximum absolute atomic E-state index is 10.3. The molecule has 0 aromatic rings. The third-order valence-electron chi connectivity index (χ3n) is 1.63. The smallest absolute Gasteiger partial charge is 0.0550 e. The molecule has 78 valence electrons. The maximum Gasteiger partial charge on any atom is 0.0550 e. The second-order valence-electron chi connectivity index (χ2n) is 2.94. The Balaban J connectivity index is 3.11. The number of carbonyl (C=O) groups is 1. The van der Waals surface area contributed by atoms with E-state index >= 15 is 0 Å². The van der Waals surface area contributed by atoms with E-state index < -0.39 is 11.2 Å². The molecule has 1 unspecified atom stereocenters. The van der Waals surface area contributed by atoms with E-state index in [1.807, 2.05) is 0 Å². The number of unbranched alkanes of at least 4 members (excludes halogenated alkanes) is 3. The summed E-state index contributed by atoms with van der Waals surface area (Å²) in [5.41, 5.74) is 0. The van der Waals surface area contributed by atoms with Crippen molar-refractivity contribution < 1.29 is 9.90 Å². The molecule has 0 bridgehead atoms. The number of rotatable bonds is 8. The average molecular weight is 221 g/mol. The normalized spacial score (nSPS) is 12.8. The number of hydrogen-bond acceptors (Lipinski definition) is 4. The van der Waals surface area contributed by atoms with Crippen molar-refractivity contribution in [3.05, 3.63) is 0 Å². The van der Waals surface area contributed by atoms with Gasteiger partial charge in [-0.05, 0) is 13.3 Å². The van der Waals surface area contributed by atoms with Gasteiger partial charge in [0.1, 0.15) is 0 Å². The molecule has 0 aromatic heterocycles. The second kappa shape index (κ2) is 8.75. The first-order chi connectivity index (χ1) is 6.18. The van der Waals surface area contributed by atoms with E-state index in [9.17, 15) is 9.90 Å². The summed E-state index contributed by atoms with van der Waals surface area (Å²) in [4.78, 5) is 10.3. The van der Waals surface area contributed by atoms with E-state index in [4.69, 9.17) is 0 Å². The van der Waals surface area contributed by atoms with Crippen LogP contribution in [-0.2, 0) is 4.79 Å². The predicted molar refractivity (Wildman–Crippen MR) is 58.7 cm³/mol. The third kappa shape index (κ3) is 8.50. The van der Waals surface area contributed by atoms with Crippen LogP contribution < -0.4 is 5.11 Å². The van der Waals surface area contributed by atoms with E-state index in [-0.39, 0.29) is 0 Å². The summed E-state index contributed by atoms with van der Waals surface area (Å²) in [5, 5.41) is 9.93. The Morgan fingerprint density at radius 1 is 1.38 bits per heavy atom. The van der Waals surface area contributed by atoms with Crippen molar-refractivity contribution >= 4 is 27.6 Å². The van der Waals surface area contributed by atoms with Crippen molar-refractivity contribution in [2.75, 3.05) is 5.75 Å². The highest BCUT2D eigenvalue weighted by molar-refractivity contribution is 8.77. The van der Waals surface area contributed by atoms with E-state index in [1.165, 1.54) is 36.5 Å². The van der Waals surface area contributed by atoms with Crippen LogP contribution >= 0.6 is 21.6 Å². The lowest BCUT2D eigenvalue weighted by Crippen LogP contribution is -2.30. The van der Waals surface area contributed by atoms with E-state index in [2.05, 4.69) is 6.92 Å². The Bertz CT molecular complexity index is 140. The zero-order valence-corrected chi connectivity index (χ0v) is 9.88. The minimum Gasteiger partial charge on any atom is -0.549 e. The van der Waals surface area contributed by atoms with Crippen LogP contribution in [0.2, 0.25) is 0 Å². The topological polar surface area (TPSA) is 40.1 Å². The Morgan fingerprint density at radius 3 is 2.62 bits per heavy atom. The van der Waals surface area contributed by atoms with Crippen molar-refractivity contribution in [1.82, 2.24) is 0 Å². The monoisotopic (exact) mass is 221 g/mol. The molecule has 0 fully saturated rings. The fourth-order valence-electron chi connectivity index (χ4n) is 0.777. The zero-order chi connectivity index (χ0) is 10.1. The molecule has 0 heterocycles. The summed E-state index contributed by atoms with van der Waals surface area (Å²) >= 11 is 0. The molecule has 4 heteroatoms. The van der Waals surface area contributed by atoms with Gasteiger partial charge < -0.3 is 9.90 Å². The van der Waals surface area contributed by atoms with Gasteiger partial charge in [0.25, 0.3) is 0 Å². The minimum atomic E-state index is -0.967. The first kappa shape index (κ1) is 13.2. The third-order valence-corrected chi connectivity index (χ3v) is 4.47. The standard InChI is InChI=1S/C9H18O2S2/c1-3-4-5-6-7-12-13-8(2)9(10)11/h8H,3-7H2,1-2H3,(H,10,11)/p-1. The van der Waals surface area contributed by atoms with Crippen LogP contribution in [0.25, 0.3) is 0 Å². The van der Waals surface area contributed by atoms with Gasteiger partial charge >= 0.3 is 0 Å². The van der Waals surface area contributed by atoms with Crippen LogP contribution in [0, 0.1) is 0 Å². The molecular weight excluding hydrogens is 204 g/mol. The van der Waals surface area contributed by atoms with Gasteiger partial charge in [-0.25, -0.2) is 0 Å². The molecular formula is C9H17O2S2-. The number of carboxylic acids is 1. The SMILES string of the molecule is CCCCCCSSC(C)C(=O)[O-]. The average Bonchev–Trinajstić information content (AvgIpc) is 2.10. The van der Waals surface area contributed by atoms with Gasteiger partial charge in [0.15, 0.2) is 0 Å². The molecule has 0 aliphatic heterocycles. The predicted octanol–water partition coefficient (Wildman–Crippen LogP) is 2.09. The largest absolute Gasteiger partial charge is 0.549 e. The highest BCUT2D eigenvalue weighted by atomic mass is 33.1. The molecule has 0 amide bonds. The molecule has 0 aromatic carbocycles. The number of aliphatic carboxylic acids is 1. The van der Waals surface area contributed by atoms with E-state index in [0.29, 0.717) is 0 Å². The van der Waals surface area contributed by atoms with Gasteiger partial charge in [0.05, 0.1) is 11.2 Å². The van der Waals surface area contributed by atoms with Gasteiger partial charge in [-0.2, -0.15) is 0 Å². The fraction of sp³-hybridized carbons (Fsp3) is 0.889. The molecule has 0 aliphatic rings. The number of carboxylic acid groups (broad SMARTS) is 1. The van der Waals surface area contributed by atoms with E-state index in [0.717, 1.165) is 5.75 Å². The quantitative estimate of drug-likeness (QED) is 0.465. The van der Waals surface area contributed by atoms with Crippen molar-refractivity contribution in [2.45, 2.75) is 44.8 Å². The first-order valence-corrected chi connectivity index (χ1v) is 7.05. The van der Waals surface area contributed by atoms with Crippen molar-refractivity contribution in [1.29, 1.82) is 0 Å². The highest BCUT2D eigenvalue weighted by Gasteiger charge is 2.02. The summed E-state index contributed by atoms with van der Waals surface area (Å²) < 4.78 is 0. The summed E-state index contributed by atoms with van der Waals surface area (Å²) in [7, 11) is 3.03. The Labute approximate surface area is 88.3 Å². The number of carbonyl (C=O) groups excluding carboxylic acids is 1. The van der Waals surface area contributed by atoms with Crippen molar-refractivity contribution in [2.24, 2.45) is 0 Å². The van der Waals surface area contributed by atoms with E-state index in [1.54, 1.807) is 17.7 Å². The summed E-state index contributed by atoms with van der Waals surface area (Å²) in [6.45, 7) is 3.85. The molecule has 13 heavy (non-hydrogen) atoms. The highest BCUT2D eigenvalue weighted by Crippen LogP contribution is 2.27. The van der Waals surface area contributed by atoms with Gasteiger partial charge in [-0.15, -0.1) is 0 Å². The van der Waals surface area contributed by atoms with Gasteiger partial charge in [-0.1, -0.05) is 47.8 Å². The molecule has 1 atom stereocenters. The maximum atomic E-state index is 10.3. The van der Waals surface area contributed by atoms with Crippen LogP contribution in [0.4, 0.5) is 0 Å². The number of hydrogen-bond donors (Lipinski definition) is 0. The Morgan fingerprint density at radius 2 is 2.08 bits per heavy atom. The fourth-order valence-corrected chi connectivity index (χ4v) is 2.97. The Kier molecular flexibility index (Phi) is 8.87. The zero-order valence-electron chi connectivity index (χ0n) is 8.25. The van der Waals surface area contributed by atoms with Crippen LogP contribution in [0.1, 0.15) is 39.5 Å². The van der Waals surface area contributed by atoms with Gasteiger partial charge in [0, 0.05) is 5.75 Å². The molecule has 0 radical (unpaired) electrons. The second-order valence-corrected chi connectivity index (χ2v) is 5.77. The molecule has 0 N–H and O–H groups in total. The minimum absolute atomic E-state index is 0.392. The first-order valence-electron chi connectivity index (χ1n) is 4.67. The van der Waals surface area contributed by atoms with Gasteiger partial charge in [-0.3, -0.25) is 0 Å². The molecule has 0 saturated heterocycles. The summed E-state index contributed by atoms with van der Waals surface area (Å²) in [5.74, 6) is 0.0773. The lowest BCUT2D eigenvalue weighted by molar-refractivity contribution is -0.304. The summed E-state index contributed by atoms with van der Waals surface area (Å²) in [6.07, 6.45) is 4.96. The molecule has 0 saturated carbocycles. The molecule has 0 spiro atoms. The van der Waals surface area contributed by atoms with Crippen molar-refractivity contribution in [3.8, 4) is 0 Å². The molecule has 0 rings (SSSR count). The Hall–Kier alpha value is 0.170. The van der Waals surface area contributed by atoms with Crippen molar-refractivity contribution in [3.63, 3.8) is 0 Å². The van der Waals surface area contributed by atoms with Crippen LogP contribution in [0.5, 0.6) is 0 Å². The summed E-state index contributed by atoms with van der Waals surface area (Å²) in [6, 6.07) is 0. The lowest BCUT2D eigenvalue weighted by Gasteiger charge is -2.10. The van der Waals surface area contributed by atoms with Gasteiger partial charge in [0.2, 0.25) is 0 Å². The molecule has 2 nitrogen and oxygen atoms in total. The lowest BCUT2D eigenvalue weighted by atomic mass is 10.2. The molecule has 0 aliphatic carbocycles.